The topological polar surface area (TPSA) is 208 Å². The molecule has 1 saturated heterocycles. The van der Waals surface area contributed by atoms with Crippen molar-refractivity contribution in [3.63, 3.8) is 0 Å². The van der Waals surface area contributed by atoms with Crippen LogP contribution in [-0.4, -0.2) is 155 Å². The van der Waals surface area contributed by atoms with E-state index in [-0.39, 0.29) is 60.8 Å². The summed E-state index contributed by atoms with van der Waals surface area (Å²) >= 11 is 5.19. The number of hydrogen-bond donors (Lipinski definition) is 4. The van der Waals surface area contributed by atoms with Crippen LogP contribution in [0.1, 0.15) is 45.4 Å². The average Bonchev–Trinajstić information content (AvgIpc) is 3.36. The molecule has 15 nitrogen and oxygen atoms in total. The van der Waals surface area contributed by atoms with Gasteiger partial charge in [-0.25, -0.2) is 0 Å². The number of hydrogen-bond acceptors (Lipinski definition) is 15. The lowest BCUT2D eigenvalue weighted by atomic mass is 10.1. The molecule has 0 aromatic rings. The summed E-state index contributed by atoms with van der Waals surface area (Å²) < 4.78 is 32.8. The van der Waals surface area contributed by atoms with Crippen molar-refractivity contribution in [3.05, 3.63) is 0 Å². The summed E-state index contributed by atoms with van der Waals surface area (Å²) in [6, 6.07) is -1.34. The van der Waals surface area contributed by atoms with Crippen molar-refractivity contribution in [2.75, 3.05) is 104 Å². The summed E-state index contributed by atoms with van der Waals surface area (Å²) in [5.74, 6) is -0.413. The number of thiol groups is 1. The predicted molar refractivity (Wildman–Crippen MR) is 184 cm³/mol. The zero-order valence-corrected chi connectivity index (χ0v) is 29.9. The Kier molecular flexibility index (Phi) is 26.9. The molecule has 0 spiro atoms. The second-order valence-electron chi connectivity index (χ2n) is 10.8. The smallest absolute Gasteiger partial charge is 0.242 e. The Morgan fingerprint density at radius 3 is 1.88 bits per heavy atom. The molecule has 3 amide bonds. The molecular weight excluding hydrogens is 668 g/mol. The lowest BCUT2D eigenvalue weighted by Gasteiger charge is -2.15. The molecule has 1 aliphatic heterocycles. The third kappa shape index (κ3) is 21.4. The molecule has 1 aliphatic rings. The Morgan fingerprint density at radius 1 is 0.812 bits per heavy atom. The number of amides is 3. The number of carbonyl (C=O) groups excluding carboxylic acids is 5. The van der Waals surface area contributed by atoms with Crippen LogP contribution in [0.5, 0.6) is 0 Å². The first-order valence-electron chi connectivity index (χ1n) is 16.6. The van der Waals surface area contributed by atoms with E-state index in [2.05, 4.69) is 17.9 Å². The molecule has 5 N–H and O–H groups in total. The van der Waals surface area contributed by atoms with Crippen LogP contribution >= 0.6 is 24.4 Å². The van der Waals surface area contributed by atoms with Gasteiger partial charge in [0.15, 0.2) is 0 Å². The van der Waals surface area contributed by atoms with Crippen LogP contribution in [0.4, 0.5) is 0 Å². The lowest BCUT2D eigenvalue weighted by molar-refractivity contribution is -0.138. The van der Waals surface area contributed by atoms with Crippen molar-refractivity contribution in [1.82, 2.24) is 10.2 Å². The summed E-state index contributed by atoms with van der Waals surface area (Å²) in [6.07, 6.45) is 2.16. The van der Waals surface area contributed by atoms with E-state index < -0.39 is 17.3 Å². The Labute approximate surface area is 293 Å². The van der Waals surface area contributed by atoms with E-state index >= 15 is 0 Å². The third-order valence-electron chi connectivity index (χ3n) is 6.96. The predicted octanol–water partition coefficient (Wildman–Crippen LogP) is -0.244. The van der Waals surface area contributed by atoms with Gasteiger partial charge in [-0.1, -0.05) is 6.92 Å². The molecule has 3 atom stereocenters. The monoisotopic (exact) mass is 724 g/mol. The zero-order valence-electron chi connectivity index (χ0n) is 28.2. The van der Waals surface area contributed by atoms with Gasteiger partial charge < -0.3 is 45.2 Å². The van der Waals surface area contributed by atoms with Crippen molar-refractivity contribution in [2.45, 2.75) is 62.8 Å². The first-order chi connectivity index (χ1) is 23.2. The number of nitrogens with two attached hydrogens (primary N) is 2. The van der Waals surface area contributed by atoms with Crippen molar-refractivity contribution >= 4 is 53.7 Å². The minimum absolute atomic E-state index is 0.00333. The highest BCUT2D eigenvalue weighted by molar-refractivity contribution is 8.00. The molecule has 1 rings (SSSR count). The van der Waals surface area contributed by atoms with Gasteiger partial charge in [-0.15, -0.1) is 11.8 Å². The summed E-state index contributed by atoms with van der Waals surface area (Å²) in [5.41, 5.74) is 11.6. The fraction of sp³-hybridized carbons (Fsp3) is 0.839. The molecule has 48 heavy (non-hydrogen) atoms. The number of Topliss-reactive ketones (excluding diaryl/α,β-unsaturated/α-hetero) is 2. The van der Waals surface area contributed by atoms with Crippen LogP contribution in [0, 0.1) is 0 Å². The molecule has 0 radical (unpaired) electrons. The van der Waals surface area contributed by atoms with E-state index in [1.807, 2.05) is 0 Å². The van der Waals surface area contributed by atoms with Gasteiger partial charge in [-0.05, 0) is 12.8 Å². The first-order valence-corrected chi connectivity index (χ1v) is 18.3. The minimum Gasteiger partial charge on any atom is -0.379 e. The number of nitrogens with one attached hydrogen (secondary N) is 1. The van der Waals surface area contributed by atoms with Gasteiger partial charge in [-0.2, -0.15) is 12.6 Å². The summed E-state index contributed by atoms with van der Waals surface area (Å²) in [7, 11) is 0. The van der Waals surface area contributed by atoms with Gasteiger partial charge in [0.05, 0.1) is 76.8 Å². The Bertz CT molecular complexity index is 935. The first kappa shape index (κ1) is 44.4. The fourth-order valence-corrected chi connectivity index (χ4v) is 5.41. The second-order valence-corrected chi connectivity index (χ2v) is 12.4. The van der Waals surface area contributed by atoms with Crippen LogP contribution in [0.25, 0.3) is 0 Å². The standard InChI is InChI=1S/C31H56N4O11S2/c1-2-24(36)6-8-35-29(38)21-28(31(35)40)48-23-26(33)27(37)5-3-9-41-13-17-45-18-14-42-10-4-11-43-15-19-46-20-16-44-12-7-34-30(39)25(32)22-47/h25-26,28,47H,2-23,32-33H2,1H3,(H,34,39). The minimum atomic E-state index is -0.725. The zero-order chi connectivity index (χ0) is 35.4. The average molecular weight is 725 g/mol. The molecule has 0 bridgehead atoms. The van der Waals surface area contributed by atoms with Crippen LogP contribution < -0.4 is 16.8 Å². The van der Waals surface area contributed by atoms with Crippen molar-refractivity contribution < 1.29 is 52.4 Å². The van der Waals surface area contributed by atoms with Crippen LogP contribution in [-0.2, 0) is 52.4 Å². The molecule has 0 aromatic carbocycles. The van der Waals surface area contributed by atoms with Gasteiger partial charge in [0, 0.05) is 70.1 Å². The maximum absolute atomic E-state index is 12.5. The van der Waals surface area contributed by atoms with Gasteiger partial charge in [0.2, 0.25) is 17.7 Å². The van der Waals surface area contributed by atoms with E-state index in [9.17, 15) is 24.0 Å². The quantitative estimate of drug-likeness (QED) is 0.0392. The van der Waals surface area contributed by atoms with Gasteiger partial charge >= 0.3 is 0 Å². The second kappa shape index (κ2) is 29.1. The van der Waals surface area contributed by atoms with Gasteiger partial charge in [-0.3, -0.25) is 28.9 Å². The number of ketones is 2. The lowest BCUT2D eigenvalue weighted by Crippen LogP contribution is -2.43. The normalized spacial score (nSPS) is 16.0. The van der Waals surface area contributed by atoms with E-state index in [1.165, 1.54) is 11.8 Å². The largest absolute Gasteiger partial charge is 0.379 e. The Balaban J connectivity index is 1.84. The van der Waals surface area contributed by atoms with E-state index in [1.54, 1.807) is 6.92 Å². The van der Waals surface area contributed by atoms with E-state index in [4.69, 9.17) is 39.9 Å². The van der Waals surface area contributed by atoms with Crippen LogP contribution in [0.3, 0.4) is 0 Å². The SMILES string of the molecule is CCC(=O)CCN1C(=O)CC(SCC(N)C(=O)CCCOCCOCCOCCCOCCOCCOCCNC(=O)C(N)CS)C1=O. The highest BCUT2D eigenvalue weighted by Crippen LogP contribution is 2.26. The van der Waals surface area contributed by atoms with Crippen molar-refractivity contribution in [2.24, 2.45) is 11.5 Å². The summed E-state index contributed by atoms with van der Waals surface area (Å²) in [5, 5.41) is 2.10. The maximum atomic E-state index is 12.5. The van der Waals surface area contributed by atoms with Crippen molar-refractivity contribution in [3.8, 4) is 0 Å². The molecule has 0 aliphatic carbocycles. The Hall–Kier alpha value is -1.67. The summed E-state index contributed by atoms with van der Waals surface area (Å²) in [6.45, 7) is 7.72. The molecular formula is C31H56N4O11S2. The number of thioether (sulfide) groups is 1. The number of likely N-dealkylation sites (tertiary alicyclic amines) is 1. The maximum Gasteiger partial charge on any atom is 0.242 e. The van der Waals surface area contributed by atoms with E-state index in [0.717, 1.165) is 11.3 Å². The highest BCUT2D eigenvalue weighted by atomic mass is 32.2. The Morgan fingerprint density at radius 2 is 1.33 bits per heavy atom. The fourth-order valence-electron chi connectivity index (χ4n) is 4.09. The number of rotatable bonds is 33. The van der Waals surface area contributed by atoms with Crippen LogP contribution in [0.15, 0.2) is 0 Å². The van der Waals surface area contributed by atoms with Gasteiger partial charge in [0.1, 0.15) is 11.6 Å². The molecule has 0 saturated carbocycles. The third-order valence-corrected chi connectivity index (χ3v) is 8.67. The summed E-state index contributed by atoms with van der Waals surface area (Å²) in [4.78, 5) is 61.1. The molecule has 17 heteroatoms. The molecule has 3 unspecified atom stereocenters. The highest BCUT2D eigenvalue weighted by Gasteiger charge is 2.39. The molecule has 1 heterocycles. The van der Waals surface area contributed by atoms with Gasteiger partial charge in [0.25, 0.3) is 0 Å². The molecule has 0 aromatic heterocycles. The number of nitrogens with zero attached hydrogens (tertiary/aromatic N) is 1. The molecule has 278 valence electrons. The number of carbonyl (C=O) groups is 5. The van der Waals surface area contributed by atoms with Crippen molar-refractivity contribution in [1.29, 1.82) is 0 Å². The van der Waals surface area contributed by atoms with Crippen LogP contribution in [0.2, 0.25) is 0 Å². The number of imide groups is 1. The number of ether oxygens (including phenoxy) is 6. The molecule has 1 fully saturated rings. The van der Waals surface area contributed by atoms with E-state index in [0.29, 0.717) is 104 Å².